The molecule has 6 rings (SSSR count). The number of morpholine rings is 1. The molecule has 44 heavy (non-hydrogen) atoms. The number of pyridine rings is 1. The van der Waals surface area contributed by atoms with Crippen LogP contribution in [0.15, 0.2) is 49.2 Å². The minimum Gasteiger partial charge on any atom is -0.384 e. The lowest BCUT2D eigenvalue weighted by atomic mass is 10.1. The standard InChI is InChI=1S/C31H42N10O2Si/c1-20-15-39(16-21(2)43-20)30-25-8-7-11-41(25)38-28(37-30)22(3)36-29-27-24(23-9-10-33-26(32)14-23)17-40(31(27)35-18-34-29)19-42-12-13-44(4,5)6/h7-11,14,17-18,20-22H,12-13,15-16,19H2,1-6H3,(H2,32,33)(H,34,35,36)/t20-,21+,22-/m0/s1. The van der Waals surface area contributed by atoms with Gasteiger partial charge < -0.3 is 30.0 Å². The third kappa shape index (κ3) is 6.40. The highest BCUT2D eigenvalue weighted by Gasteiger charge is 2.27. The van der Waals surface area contributed by atoms with Crippen LogP contribution in [0.5, 0.6) is 0 Å². The normalized spacial score (nSPS) is 18.3. The molecule has 0 radical (unpaired) electrons. The molecular weight excluding hydrogens is 572 g/mol. The first-order valence-corrected chi connectivity index (χ1v) is 18.9. The summed E-state index contributed by atoms with van der Waals surface area (Å²) in [4.78, 5) is 21.0. The highest BCUT2D eigenvalue weighted by atomic mass is 28.3. The molecule has 5 aromatic heterocycles. The quantitative estimate of drug-likeness (QED) is 0.159. The van der Waals surface area contributed by atoms with E-state index in [0.29, 0.717) is 30.8 Å². The van der Waals surface area contributed by atoms with Crippen molar-refractivity contribution in [3.05, 3.63) is 55.0 Å². The molecule has 1 aliphatic rings. The first kappa shape index (κ1) is 30.0. The van der Waals surface area contributed by atoms with Gasteiger partial charge in [-0.15, -0.1) is 0 Å². The lowest BCUT2D eigenvalue weighted by Gasteiger charge is -2.36. The van der Waals surface area contributed by atoms with Crippen molar-refractivity contribution in [1.82, 2.24) is 34.1 Å². The molecule has 1 saturated heterocycles. The van der Waals surface area contributed by atoms with Gasteiger partial charge in [-0.2, -0.15) is 5.10 Å². The molecule has 0 amide bonds. The van der Waals surface area contributed by atoms with Gasteiger partial charge in [0.05, 0.1) is 23.6 Å². The fourth-order valence-electron chi connectivity index (χ4n) is 5.68. The van der Waals surface area contributed by atoms with Gasteiger partial charge in [-0.05, 0) is 56.6 Å². The van der Waals surface area contributed by atoms with Crippen LogP contribution in [0.3, 0.4) is 0 Å². The second-order valence-corrected chi connectivity index (χ2v) is 18.5. The molecule has 5 aromatic rings. The van der Waals surface area contributed by atoms with Crippen LogP contribution in [0.25, 0.3) is 27.7 Å². The lowest BCUT2D eigenvalue weighted by molar-refractivity contribution is -0.00541. The molecule has 1 aliphatic heterocycles. The van der Waals surface area contributed by atoms with E-state index in [-0.39, 0.29) is 18.2 Å². The van der Waals surface area contributed by atoms with Crippen molar-refractivity contribution in [3.8, 4) is 11.1 Å². The molecule has 3 atom stereocenters. The molecule has 0 aliphatic carbocycles. The van der Waals surface area contributed by atoms with E-state index in [1.807, 2.05) is 40.4 Å². The monoisotopic (exact) mass is 614 g/mol. The molecule has 3 N–H and O–H groups in total. The predicted molar refractivity (Wildman–Crippen MR) is 177 cm³/mol. The largest absolute Gasteiger partial charge is 0.384 e. The molecule has 232 valence electrons. The van der Waals surface area contributed by atoms with Crippen LogP contribution >= 0.6 is 0 Å². The summed E-state index contributed by atoms with van der Waals surface area (Å²) in [6.07, 6.45) is 7.54. The summed E-state index contributed by atoms with van der Waals surface area (Å²) in [6.45, 7) is 15.9. The summed E-state index contributed by atoms with van der Waals surface area (Å²) >= 11 is 0. The Hall–Kier alpha value is -4.07. The maximum Gasteiger partial charge on any atom is 0.173 e. The maximum atomic E-state index is 6.13. The fraction of sp³-hybridized carbons (Fsp3) is 0.452. The molecule has 0 unspecified atom stereocenters. The summed E-state index contributed by atoms with van der Waals surface area (Å²) < 4.78 is 16.1. The van der Waals surface area contributed by atoms with Gasteiger partial charge in [-0.1, -0.05) is 19.6 Å². The van der Waals surface area contributed by atoms with E-state index in [1.54, 1.807) is 12.5 Å². The van der Waals surface area contributed by atoms with Crippen LogP contribution in [0.4, 0.5) is 17.5 Å². The number of anilines is 3. The zero-order chi connectivity index (χ0) is 31.0. The van der Waals surface area contributed by atoms with Crippen LogP contribution < -0.4 is 16.0 Å². The van der Waals surface area contributed by atoms with Crippen LogP contribution in [-0.2, 0) is 16.2 Å². The zero-order valence-corrected chi connectivity index (χ0v) is 27.4. The number of hydrogen-bond donors (Lipinski definition) is 2. The van der Waals surface area contributed by atoms with Crippen LogP contribution in [0.2, 0.25) is 25.7 Å². The van der Waals surface area contributed by atoms with E-state index in [1.165, 1.54) is 0 Å². The molecule has 0 saturated carbocycles. The number of nitrogens with two attached hydrogens (primary N) is 1. The second-order valence-electron chi connectivity index (χ2n) is 12.9. The third-order valence-corrected chi connectivity index (χ3v) is 9.52. The van der Waals surface area contributed by atoms with Crippen molar-refractivity contribution in [2.75, 3.05) is 35.6 Å². The SMILES string of the molecule is C[C@@H]1CN(c2nc([C@H](C)Nc3ncnc4c3c(-c3ccnc(N)c3)cn4COCC[Si](C)(C)C)nn3cccc23)C[C@H](C)O1. The summed E-state index contributed by atoms with van der Waals surface area (Å²) in [5.74, 6) is 2.69. The van der Waals surface area contributed by atoms with E-state index in [4.69, 9.17) is 30.3 Å². The number of aromatic nitrogens is 7. The van der Waals surface area contributed by atoms with Gasteiger partial charge >= 0.3 is 0 Å². The summed E-state index contributed by atoms with van der Waals surface area (Å²) in [5.41, 5.74) is 9.70. The Morgan fingerprint density at radius 3 is 2.68 bits per heavy atom. The van der Waals surface area contributed by atoms with Crippen LogP contribution in [0, 0.1) is 0 Å². The van der Waals surface area contributed by atoms with Gasteiger partial charge in [-0.3, -0.25) is 0 Å². The zero-order valence-electron chi connectivity index (χ0n) is 26.4. The van der Waals surface area contributed by atoms with Gasteiger partial charge in [0.15, 0.2) is 11.6 Å². The van der Waals surface area contributed by atoms with E-state index in [9.17, 15) is 0 Å². The van der Waals surface area contributed by atoms with Gasteiger partial charge in [0.2, 0.25) is 0 Å². The van der Waals surface area contributed by atoms with Crippen molar-refractivity contribution < 1.29 is 9.47 Å². The summed E-state index contributed by atoms with van der Waals surface area (Å²) in [7, 11) is -1.21. The van der Waals surface area contributed by atoms with E-state index in [2.05, 4.69) is 65.9 Å². The minimum absolute atomic E-state index is 0.112. The Morgan fingerprint density at radius 1 is 1.14 bits per heavy atom. The fourth-order valence-corrected chi connectivity index (χ4v) is 6.44. The average molecular weight is 615 g/mol. The molecule has 1 fully saturated rings. The Kier molecular flexibility index (Phi) is 8.27. The van der Waals surface area contributed by atoms with Gasteiger partial charge in [0.25, 0.3) is 0 Å². The molecule has 12 nitrogen and oxygen atoms in total. The van der Waals surface area contributed by atoms with Crippen LogP contribution in [0.1, 0.15) is 32.6 Å². The molecular formula is C31H42N10O2Si. The number of fused-ring (bicyclic) bond motifs is 2. The maximum absolute atomic E-state index is 6.13. The first-order valence-electron chi connectivity index (χ1n) is 15.2. The molecule has 0 spiro atoms. The van der Waals surface area contributed by atoms with Crippen molar-refractivity contribution in [2.24, 2.45) is 0 Å². The molecule has 0 bridgehead atoms. The van der Waals surface area contributed by atoms with Crippen LogP contribution in [-0.4, -0.2) is 74.1 Å². The number of nitrogens with one attached hydrogen (secondary N) is 1. The Labute approximate surface area is 258 Å². The smallest absolute Gasteiger partial charge is 0.173 e. The number of rotatable bonds is 10. The van der Waals surface area contributed by atoms with Gasteiger partial charge in [0.1, 0.15) is 35.9 Å². The topological polar surface area (TPSA) is 134 Å². The first-order chi connectivity index (χ1) is 21.1. The molecule has 13 heteroatoms. The highest BCUT2D eigenvalue weighted by Crippen LogP contribution is 2.36. The third-order valence-electron chi connectivity index (χ3n) is 7.82. The average Bonchev–Trinajstić information content (AvgIpc) is 3.59. The van der Waals surface area contributed by atoms with Gasteiger partial charge in [0, 0.05) is 51.9 Å². The number of nitrogen functional groups attached to an aromatic ring is 1. The number of nitrogens with zero attached hydrogens (tertiary/aromatic N) is 8. The van der Waals surface area contributed by atoms with Crippen molar-refractivity contribution in [2.45, 2.75) is 71.4 Å². The van der Waals surface area contributed by atoms with E-state index >= 15 is 0 Å². The Bertz CT molecular complexity index is 1750. The van der Waals surface area contributed by atoms with E-state index in [0.717, 1.165) is 52.6 Å². The lowest BCUT2D eigenvalue weighted by Crippen LogP contribution is -2.46. The minimum atomic E-state index is -1.21. The van der Waals surface area contributed by atoms with Crippen molar-refractivity contribution in [1.29, 1.82) is 0 Å². The van der Waals surface area contributed by atoms with E-state index < -0.39 is 8.07 Å². The van der Waals surface area contributed by atoms with Crippen molar-refractivity contribution >= 4 is 42.1 Å². The number of ether oxygens (including phenoxy) is 2. The predicted octanol–water partition coefficient (Wildman–Crippen LogP) is 5.22. The summed E-state index contributed by atoms with van der Waals surface area (Å²) in [6, 6.07) is 8.69. The summed E-state index contributed by atoms with van der Waals surface area (Å²) in [5, 5.41) is 9.34. The highest BCUT2D eigenvalue weighted by molar-refractivity contribution is 6.76. The second kappa shape index (κ2) is 12.1. The van der Waals surface area contributed by atoms with Crippen molar-refractivity contribution in [3.63, 3.8) is 0 Å². The van der Waals surface area contributed by atoms with Gasteiger partial charge in [-0.25, -0.2) is 24.5 Å². The Morgan fingerprint density at radius 2 is 1.93 bits per heavy atom. The number of hydrogen-bond acceptors (Lipinski definition) is 10. The molecule has 6 heterocycles. The molecule has 0 aromatic carbocycles. The Balaban J connectivity index is 1.36.